The van der Waals surface area contributed by atoms with Crippen LogP contribution in [0.4, 0.5) is 0 Å². The van der Waals surface area contributed by atoms with E-state index in [0.717, 1.165) is 11.4 Å². The number of aromatic nitrogens is 5. The van der Waals surface area contributed by atoms with Gasteiger partial charge < -0.3 is 4.90 Å². The molecule has 0 aromatic carbocycles. The van der Waals surface area contributed by atoms with Crippen LogP contribution < -0.4 is 5.69 Å². The van der Waals surface area contributed by atoms with Gasteiger partial charge in [-0.25, -0.2) is 9.89 Å². The first-order valence-electron chi connectivity index (χ1n) is 6.29. The average Bonchev–Trinajstić information content (AvgIpc) is 2.93. The highest BCUT2D eigenvalue weighted by Crippen LogP contribution is 2.13. The monoisotopic (exact) mass is 278 g/mol. The zero-order chi connectivity index (χ0) is 14.9. The number of amides is 1. The van der Waals surface area contributed by atoms with Crippen molar-refractivity contribution in [3.05, 3.63) is 33.8 Å². The van der Waals surface area contributed by atoms with E-state index in [1.165, 1.54) is 4.90 Å². The van der Waals surface area contributed by atoms with Crippen LogP contribution in [0.15, 0.2) is 10.9 Å². The molecule has 2 aromatic rings. The Bertz CT molecular complexity index is 668. The number of carbonyl (C=O) groups excluding carboxylic acids is 1. The summed E-state index contributed by atoms with van der Waals surface area (Å²) in [5.74, 6) is 0.325. The standard InChI is InChI=1S/C12H18N6O2/c1-7-5-8(2)18(16-7)9(3)11(19)17(4)6-10-13-12(20)15-14-10/h5,9H,6H2,1-4H3,(H2,13,14,15,20)/t9-/m0/s1. The molecule has 0 saturated heterocycles. The first kappa shape index (κ1) is 14.0. The van der Waals surface area contributed by atoms with E-state index in [1.807, 2.05) is 19.9 Å². The first-order valence-corrected chi connectivity index (χ1v) is 6.29. The Kier molecular flexibility index (Phi) is 3.73. The molecule has 2 N–H and O–H groups in total. The van der Waals surface area contributed by atoms with Gasteiger partial charge in [0.05, 0.1) is 12.2 Å². The van der Waals surface area contributed by atoms with Crippen LogP contribution in [0.5, 0.6) is 0 Å². The maximum Gasteiger partial charge on any atom is 0.340 e. The van der Waals surface area contributed by atoms with Crippen molar-refractivity contribution < 1.29 is 4.79 Å². The third-order valence-corrected chi connectivity index (χ3v) is 3.08. The van der Waals surface area contributed by atoms with E-state index in [2.05, 4.69) is 20.3 Å². The number of aryl methyl sites for hydroxylation is 2. The first-order chi connectivity index (χ1) is 9.38. The van der Waals surface area contributed by atoms with Crippen LogP contribution in [-0.2, 0) is 11.3 Å². The normalized spacial score (nSPS) is 12.4. The lowest BCUT2D eigenvalue weighted by atomic mass is 10.3. The molecule has 0 aliphatic carbocycles. The van der Waals surface area contributed by atoms with E-state index in [-0.39, 0.29) is 18.1 Å². The molecular formula is C12H18N6O2. The summed E-state index contributed by atoms with van der Waals surface area (Å²) in [6.07, 6.45) is 0. The van der Waals surface area contributed by atoms with Gasteiger partial charge >= 0.3 is 5.69 Å². The van der Waals surface area contributed by atoms with Gasteiger partial charge in [-0.2, -0.15) is 10.2 Å². The number of hydrogen-bond acceptors (Lipinski definition) is 4. The van der Waals surface area contributed by atoms with E-state index >= 15 is 0 Å². The minimum Gasteiger partial charge on any atom is -0.336 e. The summed E-state index contributed by atoms with van der Waals surface area (Å²) in [6, 6.07) is 1.52. The summed E-state index contributed by atoms with van der Waals surface area (Å²) >= 11 is 0. The summed E-state index contributed by atoms with van der Waals surface area (Å²) < 4.78 is 1.70. The number of rotatable bonds is 4. The van der Waals surface area contributed by atoms with Gasteiger partial charge in [0, 0.05) is 12.7 Å². The minimum atomic E-state index is -0.403. The summed E-state index contributed by atoms with van der Waals surface area (Å²) in [7, 11) is 1.66. The molecule has 108 valence electrons. The number of likely N-dealkylation sites (N-methyl/N-ethyl adjacent to an activating group) is 1. The lowest BCUT2D eigenvalue weighted by Gasteiger charge is -2.21. The van der Waals surface area contributed by atoms with E-state index < -0.39 is 6.04 Å². The number of carbonyl (C=O) groups is 1. The second-order valence-corrected chi connectivity index (χ2v) is 4.87. The molecule has 0 unspecified atom stereocenters. The molecule has 0 fully saturated rings. The number of aromatic amines is 2. The van der Waals surface area contributed by atoms with Gasteiger partial charge in [-0.05, 0) is 26.8 Å². The summed E-state index contributed by atoms with van der Waals surface area (Å²) in [6.45, 7) is 5.83. The van der Waals surface area contributed by atoms with E-state index in [9.17, 15) is 9.59 Å². The number of nitrogens with one attached hydrogen (secondary N) is 2. The highest BCUT2D eigenvalue weighted by molar-refractivity contribution is 5.79. The van der Waals surface area contributed by atoms with Gasteiger partial charge in [-0.1, -0.05) is 0 Å². The van der Waals surface area contributed by atoms with Crippen LogP contribution in [0.2, 0.25) is 0 Å². The second-order valence-electron chi connectivity index (χ2n) is 4.87. The molecule has 0 radical (unpaired) electrons. The number of hydrogen-bond donors (Lipinski definition) is 2. The fourth-order valence-electron chi connectivity index (χ4n) is 2.14. The SMILES string of the molecule is Cc1cc(C)n([C@@H](C)C(=O)N(C)Cc2n[nH]c(=O)[nH]2)n1. The second kappa shape index (κ2) is 5.32. The van der Waals surface area contributed by atoms with Crippen molar-refractivity contribution in [1.29, 1.82) is 0 Å². The molecule has 2 rings (SSSR count). The molecule has 8 heteroatoms. The molecule has 0 spiro atoms. The van der Waals surface area contributed by atoms with Crippen molar-refractivity contribution in [2.75, 3.05) is 7.05 Å². The van der Waals surface area contributed by atoms with Crippen molar-refractivity contribution in [3.8, 4) is 0 Å². The lowest BCUT2D eigenvalue weighted by molar-refractivity contribution is -0.133. The predicted octanol–water partition coefficient (Wildman–Crippen LogP) is 0.131. The van der Waals surface area contributed by atoms with Crippen LogP contribution in [0.3, 0.4) is 0 Å². The summed E-state index contributed by atoms with van der Waals surface area (Å²) in [5, 5.41) is 10.4. The Balaban J connectivity index is 2.10. The number of nitrogens with zero attached hydrogens (tertiary/aromatic N) is 4. The zero-order valence-corrected chi connectivity index (χ0v) is 12.0. The quantitative estimate of drug-likeness (QED) is 0.830. The van der Waals surface area contributed by atoms with Crippen LogP contribution in [0.25, 0.3) is 0 Å². The molecule has 2 heterocycles. The maximum atomic E-state index is 12.4. The Hall–Kier alpha value is -2.38. The predicted molar refractivity (Wildman–Crippen MR) is 72.1 cm³/mol. The van der Waals surface area contributed by atoms with Crippen molar-refractivity contribution in [1.82, 2.24) is 29.9 Å². The Morgan fingerprint density at radius 2 is 2.20 bits per heavy atom. The van der Waals surface area contributed by atoms with Gasteiger partial charge in [0.15, 0.2) is 5.82 Å². The van der Waals surface area contributed by atoms with Crippen LogP contribution in [-0.4, -0.2) is 42.8 Å². The molecule has 1 amide bonds. The molecular weight excluding hydrogens is 260 g/mol. The van der Waals surface area contributed by atoms with Crippen molar-refractivity contribution in [2.24, 2.45) is 0 Å². The third-order valence-electron chi connectivity index (χ3n) is 3.08. The smallest absolute Gasteiger partial charge is 0.336 e. The fourth-order valence-corrected chi connectivity index (χ4v) is 2.14. The number of H-pyrrole nitrogens is 2. The molecule has 0 saturated carbocycles. The molecule has 1 atom stereocenters. The highest BCUT2D eigenvalue weighted by Gasteiger charge is 2.22. The zero-order valence-electron chi connectivity index (χ0n) is 12.0. The maximum absolute atomic E-state index is 12.4. The Morgan fingerprint density at radius 3 is 2.70 bits per heavy atom. The molecule has 0 aliphatic heterocycles. The topological polar surface area (TPSA) is 99.7 Å². The molecule has 20 heavy (non-hydrogen) atoms. The molecule has 0 aliphatic rings. The van der Waals surface area contributed by atoms with Gasteiger partial charge in [0.25, 0.3) is 0 Å². The van der Waals surface area contributed by atoms with Crippen LogP contribution >= 0.6 is 0 Å². The lowest BCUT2D eigenvalue weighted by Crippen LogP contribution is -2.34. The summed E-state index contributed by atoms with van der Waals surface area (Å²) in [5.41, 5.74) is 1.43. The van der Waals surface area contributed by atoms with E-state index in [1.54, 1.807) is 18.7 Å². The summed E-state index contributed by atoms with van der Waals surface area (Å²) in [4.78, 5) is 27.3. The average molecular weight is 278 g/mol. The van der Waals surface area contributed by atoms with Crippen molar-refractivity contribution in [2.45, 2.75) is 33.4 Å². The van der Waals surface area contributed by atoms with Gasteiger partial charge in [-0.15, -0.1) is 0 Å². The third kappa shape index (κ3) is 2.79. The van der Waals surface area contributed by atoms with Gasteiger partial charge in [0.2, 0.25) is 5.91 Å². The van der Waals surface area contributed by atoms with Crippen LogP contribution in [0, 0.1) is 13.8 Å². The molecule has 0 bridgehead atoms. The van der Waals surface area contributed by atoms with Gasteiger partial charge in [0.1, 0.15) is 6.04 Å². The molecule has 8 nitrogen and oxygen atoms in total. The van der Waals surface area contributed by atoms with E-state index in [0.29, 0.717) is 5.82 Å². The Labute approximate surface area is 115 Å². The van der Waals surface area contributed by atoms with Crippen molar-refractivity contribution >= 4 is 5.91 Å². The van der Waals surface area contributed by atoms with Crippen molar-refractivity contribution in [3.63, 3.8) is 0 Å². The molecule has 2 aromatic heterocycles. The minimum absolute atomic E-state index is 0.0972. The largest absolute Gasteiger partial charge is 0.340 e. The van der Waals surface area contributed by atoms with Crippen LogP contribution in [0.1, 0.15) is 30.2 Å². The van der Waals surface area contributed by atoms with Gasteiger partial charge in [-0.3, -0.25) is 14.5 Å². The fraction of sp³-hybridized carbons (Fsp3) is 0.500. The highest BCUT2D eigenvalue weighted by atomic mass is 16.2. The van der Waals surface area contributed by atoms with E-state index in [4.69, 9.17) is 0 Å². The Morgan fingerprint density at radius 1 is 1.50 bits per heavy atom.